The summed E-state index contributed by atoms with van der Waals surface area (Å²) in [4.78, 5) is 4.73. The minimum absolute atomic E-state index is 0.121. The molecule has 6 nitrogen and oxygen atoms in total. The van der Waals surface area contributed by atoms with Crippen LogP contribution in [0.5, 0.6) is 0 Å². The molecule has 1 aromatic carbocycles. The second kappa shape index (κ2) is 9.37. The quantitative estimate of drug-likeness (QED) is 0.522. The van der Waals surface area contributed by atoms with Crippen LogP contribution in [0.25, 0.3) is 0 Å². The van der Waals surface area contributed by atoms with Gasteiger partial charge in [0.15, 0.2) is 5.96 Å². The molecule has 4 N–H and O–H groups in total. The van der Waals surface area contributed by atoms with Gasteiger partial charge >= 0.3 is 0 Å². The number of nitrogens with one attached hydrogen (secondary N) is 2. The first-order chi connectivity index (χ1) is 12.3. The van der Waals surface area contributed by atoms with Gasteiger partial charge in [0.05, 0.1) is 11.4 Å². The summed E-state index contributed by atoms with van der Waals surface area (Å²) in [6.07, 6.45) is 4.83. The normalized spacial score (nSPS) is 21.7. The van der Waals surface area contributed by atoms with Crippen LogP contribution in [0, 0.1) is 11.8 Å². The minimum atomic E-state index is -3.69. The van der Waals surface area contributed by atoms with Gasteiger partial charge in [-0.3, -0.25) is 0 Å². The van der Waals surface area contributed by atoms with Crippen molar-refractivity contribution in [2.24, 2.45) is 22.0 Å². The lowest BCUT2D eigenvalue weighted by atomic mass is 9.80. The van der Waals surface area contributed by atoms with E-state index in [0.29, 0.717) is 12.6 Å². The molecule has 1 aliphatic rings. The maximum absolute atomic E-state index is 11.5. The smallest absolute Gasteiger partial charge is 0.238 e. The van der Waals surface area contributed by atoms with E-state index >= 15 is 0 Å². The number of benzene rings is 1. The summed E-state index contributed by atoms with van der Waals surface area (Å²) in [5.41, 5.74) is 0.817. The van der Waals surface area contributed by atoms with Crippen LogP contribution >= 0.6 is 0 Å². The van der Waals surface area contributed by atoms with Crippen molar-refractivity contribution in [1.29, 1.82) is 0 Å². The summed E-state index contributed by atoms with van der Waals surface area (Å²) in [5, 5.41) is 12.0. The fourth-order valence-electron chi connectivity index (χ4n) is 3.43. The van der Waals surface area contributed by atoms with Gasteiger partial charge in [-0.05, 0) is 62.1 Å². The maximum atomic E-state index is 11.5. The Hall–Kier alpha value is -1.60. The molecule has 0 radical (unpaired) electrons. The van der Waals surface area contributed by atoms with Crippen LogP contribution in [0.4, 0.5) is 0 Å². The Morgan fingerprint density at radius 3 is 2.54 bits per heavy atom. The summed E-state index contributed by atoms with van der Waals surface area (Å²) in [6.45, 7) is 7.83. The first-order valence-corrected chi connectivity index (χ1v) is 11.0. The van der Waals surface area contributed by atoms with E-state index in [0.717, 1.165) is 42.7 Å². The molecule has 0 unspecified atom stereocenters. The van der Waals surface area contributed by atoms with E-state index in [-0.39, 0.29) is 4.90 Å². The molecule has 1 aliphatic carbocycles. The number of sulfonamides is 1. The van der Waals surface area contributed by atoms with Crippen LogP contribution in [0.1, 0.15) is 52.0 Å². The van der Waals surface area contributed by atoms with Gasteiger partial charge in [-0.2, -0.15) is 0 Å². The molecule has 0 spiro atoms. The highest BCUT2D eigenvalue weighted by atomic mass is 32.2. The number of primary sulfonamides is 1. The molecule has 7 heteroatoms. The topological polar surface area (TPSA) is 96.6 Å². The van der Waals surface area contributed by atoms with E-state index in [1.54, 1.807) is 12.1 Å². The molecular formula is C19H32N4O2S. The van der Waals surface area contributed by atoms with Crippen molar-refractivity contribution < 1.29 is 8.42 Å². The van der Waals surface area contributed by atoms with Gasteiger partial charge < -0.3 is 10.6 Å². The van der Waals surface area contributed by atoms with Gasteiger partial charge in [0.2, 0.25) is 10.0 Å². The molecule has 0 bridgehead atoms. The number of nitrogens with two attached hydrogens (primary N) is 1. The summed E-state index contributed by atoms with van der Waals surface area (Å²) in [5.74, 6) is 2.36. The van der Waals surface area contributed by atoms with Crippen LogP contribution in [-0.2, 0) is 16.6 Å². The minimum Gasteiger partial charge on any atom is -0.357 e. The Bertz CT molecular complexity index is 708. The van der Waals surface area contributed by atoms with E-state index < -0.39 is 10.0 Å². The molecule has 0 atom stereocenters. The van der Waals surface area contributed by atoms with Gasteiger partial charge in [-0.15, -0.1) is 0 Å². The van der Waals surface area contributed by atoms with Crippen molar-refractivity contribution in [1.82, 2.24) is 10.6 Å². The summed E-state index contributed by atoms with van der Waals surface area (Å²) < 4.78 is 23.0. The van der Waals surface area contributed by atoms with Crippen molar-refractivity contribution in [3.63, 3.8) is 0 Å². The van der Waals surface area contributed by atoms with E-state index in [9.17, 15) is 8.42 Å². The van der Waals surface area contributed by atoms with E-state index in [1.807, 2.05) is 13.0 Å². The van der Waals surface area contributed by atoms with Crippen molar-refractivity contribution in [3.8, 4) is 0 Å². The average Bonchev–Trinajstić information content (AvgIpc) is 2.60. The number of guanidine groups is 1. The predicted octanol–water partition coefficient (Wildman–Crippen LogP) is 2.60. The number of rotatable bonds is 6. The summed E-state index contributed by atoms with van der Waals surface area (Å²) in [7, 11) is -3.69. The largest absolute Gasteiger partial charge is 0.357 e. The van der Waals surface area contributed by atoms with E-state index in [2.05, 4.69) is 29.5 Å². The zero-order valence-electron chi connectivity index (χ0n) is 16.0. The maximum Gasteiger partial charge on any atom is 0.238 e. The summed E-state index contributed by atoms with van der Waals surface area (Å²) >= 11 is 0. The molecule has 1 fully saturated rings. The van der Waals surface area contributed by atoms with E-state index in [1.165, 1.54) is 18.9 Å². The molecule has 1 saturated carbocycles. The fraction of sp³-hybridized carbons (Fsp3) is 0.632. The monoisotopic (exact) mass is 380 g/mol. The van der Waals surface area contributed by atoms with Crippen LogP contribution in [-0.4, -0.2) is 27.0 Å². The Kier molecular flexibility index (Phi) is 7.46. The zero-order chi connectivity index (χ0) is 19.2. The van der Waals surface area contributed by atoms with Gasteiger partial charge in [0.25, 0.3) is 0 Å². The van der Waals surface area contributed by atoms with E-state index in [4.69, 9.17) is 5.14 Å². The fourth-order valence-corrected chi connectivity index (χ4v) is 4.02. The molecule has 146 valence electrons. The van der Waals surface area contributed by atoms with Crippen LogP contribution < -0.4 is 15.8 Å². The van der Waals surface area contributed by atoms with Gasteiger partial charge in [0.1, 0.15) is 0 Å². The molecule has 2 rings (SSSR count). The van der Waals surface area contributed by atoms with Crippen molar-refractivity contribution in [2.45, 2.75) is 63.9 Å². The molecule has 1 aromatic rings. The molecule has 0 heterocycles. The lowest BCUT2D eigenvalue weighted by Crippen LogP contribution is -2.45. The number of hydrogen-bond donors (Lipinski definition) is 3. The molecule has 0 aromatic heterocycles. The standard InChI is InChI=1S/C19H32N4O2S/c1-4-21-19(23-17-10-8-16(9-11-17)14(2)3)22-13-15-6-5-7-18(12-15)26(20,24)25/h5-7,12,14,16-17H,4,8-11,13H2,1-3H3,(H2,20,24,25)(H2,21,22,23). The lowest BCUT2D eigenvalue weighted by Gasteiger charge is -2.32. The number of aliphatic imine (C=N–C) groups is 1. The van der Waals surface area contributed by atoms with Crippen LogP contribution in [0.3, 0.4) is 0 Å². The van der Waals surface area contributed by atoms with Gasteiger partial charge in [-0.1, -0.05) is 26.0 Å². The third-order valence-electron chi connectivity index (χ3n) is 5.05. The Morgan fingerprint density at radius 1 is 1.27 bits per heavy atom. The average molecular weight is 381 g/mol. The van der Waals surface area contributed by atoms with Gasteiger partial charge in [0, 0.05) is 12.6 Å². The summed E-state index contributed by atoms with van der Waals surface area (Å²) in [6, 6.07) is 7.07. The molecule has 0 saturated heterocycles. The molecule has 0 aliphatic heterocycles. The highest BCUT2D eigenvalue weighted by Crippen LogP contribution is 2.29. The first kappa shape index (κ1) is 20.7. The second-order valence-corrected chi connectivity index (χ2v) is 8.95. The third-order valence-corrected chi connectivity index (χ3v) is 5.96. The predicted molar refractivity (Wildman–Crippen MR) is 106 cm³/mol. The van der Waals surface area contributed by atoms with Crippen LogP contribution in [0.15, 0.2) is 34.2 Å². The SMILES string of the molecule is CCNC(=NCc1cccc(S(N)(=O)=O)c1)NC1CCC(C(C)C)CC1. The highest BCUT2D eigenvalue weighted by Gasteiger charge is 2.23. The lowest BCUT2D eigenvalue weighted by molar-refractivity contribution is 0.250. The number of hydrogen-bond acceptors (Lipinski definition) is 3. The Morgan fingerprint density at radius 2 is 1.96 bits per heavy atom. The van der Waals surface area contributed by atoms with Crippen LogP contribution in [0.2, 0.25) is 0 Å². The molecule has 0 amide bonds. The third kappa shape index (κ3) is 6.29. The molecular weight excluding hydrogens is 348 g/mol. The first-order valence-electron chi connectivity index (χ1n) is 9.46. The highest BCUT2D eigenvalue weighted by molar-refractivity contribution is 7.89. The second-order valence-electron chi connectivity index (χ2n) is 7.39. The Balaban J connectivity index is 1.99. The van der Waals surface area contributed by atoms with Crippen molar-refractivity contribution >= 4 is 16.0 Å². The van der Waals surface area contributed by atoms with Gasteiger partial charge in [-0.25, -0.2) is 18.5 Å². The number of nitrogens with zero attached hydrogens (tertiary/aromatic N) is 1. The van der Waals surface area contributed by atoms with Crippen molar-refractivity contribution in [2.75, 3.05) is 6.54 Å². The Labute approximate surface area is 157 Å². The molecule has 26 heavy (non-hydrogen) atoms. The van der Waals surface area contributed by atoms with Crippen molar-refractivity contribution in [3.05, 3.63) is 29.8 Å². The zero-order valence-corrected chi connectivity index (χ0v) is 16.8.